The molecular formula is C22H19FN6O4. The van der Waals surface area contributed by atoms with Crippen LogP contribution in [-0.4, -0.2) is 42.1 Å². The Morgan fingerprint density at radius 2 is 1.91 bits per heavy atom. The number of hydrogen-bond donors (Lipinski definition) is 0. The molecule has 1 amide bonds. The smallest absolute Gasteiger partial charge is 0.294 e. The third-order valence-electron chi connectivity index (χ3n) is 5.49. The van der Waals surface area contributed by atoms with Crippen LogP contribution in [-0.2, 0) is 11.3 Å². The van der Waals surface area contributed by atoms with Gasteiger partial charge in [0.25, 0.3) is 11.2 Å². The van der Waals surface area contributed by atoms with Gasteiger partial charge in [-0.3, -0.25) is 24.3 Å². The number of nitrogens with zero attached hydrogens (tertiary/aromatic N) is 6. The molecular weight excluding hydrogens is 431 g/mol. The van der Waals surface area contributed by atoms with Gasteiger partial charge in [0.2, 0.25) is 5.91 Å². The number of rotatable bonds is 6. The first-order valence-electron chi connectivity index (χ1n) is 9.96. The second-order valence-electron chi connectivity index (χ2n) is 7.45. The van der Waals surface area contributed by atoms with Crippen LogP contribution in [0.5, 0.6) is 0 Å². The number of benzene rings is 2. The lowest BCUT2D eigenvalue weighted by atomic mass is 10.1. The maximum Gasteiger partial charge on any atom is 0.294 e. The highest BCUT2D eigenvalue weighted by Gasteiger charge is 2.21. The van der Waals surface area contributed by atoms with Crippen molar-refractivity contribution in [3.63, 3.8) is 0 Å². The van der Waals surface area contributed by atoms with E-state index in [-0.39, 0.29) is 46.7 Å². The zero-order chi connectivity index (χ0) is 23.7. The highest BCUT2D eigenvalue weighted by molar-refractivity contribution is 5.78. The molecule has 2 heterocycles. The third-order valence-corrected chi connectivity index (χ3v) is 5.49. The number of nitro benzene ring substituents is 1. The van der Waals surface area contributed by atoms with Gasteiger partial charge in [-0.2, -0.15) is 5.10 Å². The number of fused-ring (bicyclic) bond motifs is 1. The van der Waals surface area contributed by atoms with E-state index >= 15 is 0 Å². The first kappa shape index (κ1) is 21.8. The number of para-hydroxylation sites is 2. The molecule has 0 saturated heterocycles. The molecule has 0 radical (unpaired) electrons. The van der Waals surface area contributed by atoms with Crippen LogP contribution in [0.25, 0.3) is 16.7 Å². The van der Waals surface area contributed by atoms with E-state index in [0.717, 1.165) is 10.1 Å². The molecule has 0 N–H and O–H groups in total. The molecule has 1 unspecified atom stereocenters. The lowest BCUT2D eigenvalue weighted by molar-refractivity contribution is -0.384. The van der Waals surface area contributed by atoms with Crippen LogP contribution in [0, 0.1) is 15.9 Å². The minimum Gasteiger partial charge on any atom is -0.337 e. The van der Waals surface area contributed by atoms with Crippen LogP contribution in [0.2, 0.25) is 0 Å². The number of likely N-dealkylation sites (N-methyl/N-ethyl adjacent to an activating group) is 1. The number of carbonyl (C=O) groups excluding carboxylic acids is 1. The fourth-order valence-corrected chi connectivity index (χ4v) is 3.47. The molecule has 11 heteroatoms. The maximum atomic E-state index is 13.2. The van der Waals surface area contributed by atoms with Crippen molar-refractivity contribution in [3.05, 3.63) is 92.9 Å². The van der Waals surface area contributed by atoms with E-state index in [4.69, 9.17) is 0 Å². The second kappa shape index (κ2) is 8.61. The quantitative estimate of drug-likeness (QED) is 0.329. The van der Waals surface area contributed by atoms with E-state index in [1.54, 1.807) is 32.2 Å². The number of amides is 1. The monoisotopic (exact) mass is 450 g/mol. The Kier molecular flexibility index (Phi) is 5.69. The van der Waals surface area contributed by atoms with E-state index in [1.807, 2.05) is 0 Å². The maximum absolute atomic E-state index is 13.2. The van der Waals surface area contributed by atoms with Crippen LogP contribution in [0.4, 0.5) is 10.1 Å². The average Bonchev–Trinajstić information content (AvgIpc) is 3.25. The SMILES string of the molecule is CC(c1ccc(F)cc1)N(C)C(=O)Cn1cnc2c(cnn2-c2ccccc2[N+](=O)[O-])c1=O. The van der Waals surface area contributed by atoms with Gasteiger partial charge in [0.1, 0.15) is 29.8 Å². The van der Waals surface area contributed by atoms with Crippen molar-refractivity contribution in [2.75, 3.05) is 7.05 Å². The topological polar surface area (TPSA) is 116 Å². The minimum absolute atomic E-state index is 0.123. The van der Waals surface area contributed by atoms with E-state index in [1.165, 1.54) is 52.4 Å². The molecule has 0 bridgehead atoms. The number of carbonyl (C=O) groups is 1. The lowest BCUT2D eigenvalue weighted by Gasteiger charge is -2.25. The Balaban J connectivity index is 1.62. The normalized spacial score (nSPS) is 12.0. The van der Waals surface area contributed by atoms with Crippen molar-refractivity contribution in [1.82, 2.24) is 24.2 Å². The number of aromatic nitrogens is 4. The van der Waals surface area contributed by atoms with Crippen LogP contribution in [0.15, 0.2) is 65.8 Å². The predicted molar refractivity (Wildman–Crippen MR) is 117 cm³/mol. The van der Waals surface area contributed by atoms with Gasteiger partial charge in [0.15, 0.2) is 5.65 Å². The average molecular weight is 450 g/mol. The Bertz CT molecular complexity index is 1410. The highest BCUT2D eigenvalue weighted by atomic mass is 19.1. The van der Waals surface area contributed by atoms with Gasteiger partial charge in [-0.1, -0.05) is 24.3 Å². The molecule has 0 aliphatic carbocycles. The van der Waals surface area contributed by atoms with Crippen molar-refractivity contribution in [1.29, 1.82) is 0 Å². The number of nitro groups is 1. The molecule has 10 nitrogen and oxygen atoms in total. The summed E-state index contributed by atoms with van der Waals surface area (Å²) >= 11 is 0. The van der Waals surface area contributed by atoms with E-state index in [9.17, 15) is 24.1 Å². The largest absolute Gasteiger partial charge is 0.337 e. The Hall–Kier alpha value is -4.41. The molecule has 4 rings (SSSR count). The summed E-state index contributed by atoms with van der Waals surface area (Å²) in [5.41, 5.74) is 0.386. The van der Waals surface area contributed by atoms with Crippen LogP contribution < -0.4 is 5.56 Å². The summed E-state index contributed by atoms with van der Waals surface area (Å²) in [7, 11) is 1.60. The highest BCUT2D eigenvalue weighted by Crippen LogP contribution is 2.24. The molecule has 0 saturated carbocycles. The molecule has 0 spiro atoms. The third kappa shape index (κ3) is 4.07. The summed E-state index contributed by atoms with van der Waals surface area (Å²) in [6.45, 7) is 1.53. The van der Waals surface area contributed by atoms with Crippen LogP contribution in [0.1, 0.15) is 18.5 Å². The van der Waals surface area contributed by atoms with Gasteiger partial charge in [0, 0.05) is 13.1 Å². The van der Waals surface area contributed by atoms with Crippen molar-refractivity contribution >= 4 is 22.6 Å². The summed E-state index contributed by atoms with van der Waals surface area (Å²) < 4.78 is 15.6. The fraction of sp³-hybridized carbons (Fsp3) is 0.182. The van der Waals surface area contributed by atoms with E-state index < -0.39 is 10.5 Å². The summed E-state index contributed by atoms with van der Waals surface area (Å²) in [6.07, 6.45) is 2.49. The Morgan fingerprint density at radius 3 is 2.61 bits per heavy atom. The first-order chi connectivity index (χ1) is 15.8. The summed E-state index contributed by atoms with van der Waals surface area (Å²) in [6, 6.07) is 11.5. The Labute approximate surface area is 186 Å². The summed E-state index contributed by atoms with van der Waals surface area (Å²) in [4.78, 5) is 42.2. The number of hydrogen-bond acceptors (Lipinski definition) is 6. The van der Waals surface area contributed by atoms with Crippen molar-refractivity contribution in [2.24, 2.45) is 0 Å². The van der Waals surface area contributed by atoms with Gasteiger partial charge >= 0.3 is 0 Å². The van der Waals surface area contributed by atoms with Gasteiger partial charge in [-0.05, 0) is 30.7 Å². The molecule has 1 atom stereocenters. The zero-order valence-corrected chi connectivity index (χ0v) is 17.8. The van der Waals surface area contributed by atoms with Crippen molar-refractivity contribution in [2.45, 2.75) is 19.5 Å². The zero-order valence-electron chi connectivity index (χ0n) is 17.8. The Morgan fingerprint density at radius 1 is 1.21 bits per heavy atom. The predicted octanol–water partition coefficient (Wildman–Crippen LogP) is 2.85. The van der Waals surface area contributed by atoms with Crippen LogP contribution in [0.3, 0.4) is 0 Å². The van der Waals surface area contributed by atoms with E-state index in [2.05, 4.69) is 10.1 Å². The standard InChI is InChI=1S/C22H19FN6O4/c1-14(15-7-9-16(23)10-8-15)26(2)20(30)12-27-13-24-21-17(22(27)31)11-25-28(21)18-5-3-4-6-19(18)29(32)33/h3-11,13-14H,12H2,1-2H3. The number of halogens is 1. The van der Waals surface area contributed by atoms with Gasteiger partial charge in [0.05, 0.1) is 17.2 Å². The molecule has 4 aromatic rings. The van der Waals surface area contributed by atoms with E-state index in [0.29, 0.717) is 0 Å². The lowest BCUT2D eigenvalue weighted by Crippen LogP contribution is -2.35. The molecule has 33 heavy (non-hydrogen) atoms. The molecule has 0 aliphatic heterocycles. The van der Waals surface area contributed by atoms with Crippen molar-refractivity contribution < 1.29 is 14.1 Å². The molecule has 0 fully saturated rings. The van der Waals surface area contributed by atoms with Gasteiger partial charge in [-0.15, -0.1) is 0 Å². The molecule has 168 valence electrons. The summed E-state index contributed by atoms with van der Waals surface area (Å²) in [5.74, 6) is -0.714. The second-order valence-corrected chi connectivity index (χ2v) is 7.45. The van der Waals surface area contributed by atoms with Gasteiger partial charge in [-0.25, -0.2) is 14.1 Å². The summed E-state index contributed by atoms with van der Waals surface area (Å²) in [5, 5.41) is 15.6. The van der Waals surface area contributed by atoms with Crippen LogP contribution >= 0.6 is 0 Å². The van der Waals surface area contributed by atoms with Gasteiger partial charge < -0.3 is 4.90 Å². The fourth-order valence-electron chi connectivity index (χ4n) is 3.47. The molecule has 2 aromatic heterocycles. The first-order valence-corrected chi connectivity index (χ1v) is 9.96. The minimum atomic E-state index is -0.541. The molecule has 2 aromatic carbocycles. The van der Waals surface area contributed by atoms with Crippen molar-refractivity contribution in [3.8, 4) is 5.69 Å². The molecule has 0 aliphatic rings.